The molecule has 0 amide bonds. The van der Waals surface area contributed by atoms with E-state index >= 15 is 0 Å². The Morgan fingerprint density at radius 3 is 1.68 bits per heavy atom. The van der Waals surface area contributed by atoms with Gasteiger partial charge in [0.2, 0.25) is 0 Å². The van der Waals surface area contributed by atoms with E-state index in [0.717, 1.165) is 17.1 Å². The first kappa shape index (κ1) is 24.6. The second-order valence-electron chi connectivity index (χ2n) is 10.2. The molecule has 0 aromatic heterocycles. The third kappa shape index (κ3) is 4.90. The number of hydrogen-bond donors (Lipinski definition) is 0. The van der Waals surface area contributed by atoms with Gasteiger partial charge in [-0.2, -0.15) is 0 Å². The molecule has 0 saturated carbocycles. The molecule has 0 radical (unpaired) electrons. The minimum Gasteiger partial charge on any atom is -0.310 e. The van der Waals surface area contributed by atoms with Crippen LogP contribution in [0.25, 0.3) is 44.2 Å². The average molecular weight is 524 g/mol. The van der Waals surface area contributed by atoms with Crippen LogP contribution in [0.1, 0.15) is 0 Å². The molecule has 0 spiro atoms. The average Bonchev–Trinajstić information content (AvgIpc) is 3.06. The maximum Gasteiger partial charge on any atom is 0.0540 e. The van der Waals surface area contributed by atoms with Gasteiger partial charge in [-0.25, -0.2) is 0 Å². The van der Waals surface area contributed by atoms with Crippen molar-refractivity contribution >= 4 is 27.8 Å². The minimum absolute atomic E-state index is 1.11. The topological polar surface area (TPSA) is 3.24 Å². The first-order chi connectivity index (χ1) is 20.3. The highest BCUT2D eigenvalue weighted by atomic mass is 15.1. The van der Waals surface area contributed by atoms with Gasteiger partial charge in [0, 0.05) is 16.9 Å². The molecule has 0 atom stereocenters. The normalized spacial score (nSPS) is 10.9. The summed E-state index contributed by atoms with van der Waals surface area (Å²) in [4.78, 5) is 2.38. The standard InChI is InChI=1S/C40H29N/c1-3-13-30(14-4-1)31-25-27-35(28-26-31)41(40-24-10-9-22-39(40)33-15-5-2-6-16-33)36-20-11-19-34(29-36)38-23-12-18-32-17-7-8-21-37(32)38/h1-29H. The molecule has 7 aromatic carbocycles. The van der Waals surface area contributed by atoms with Crippen molar-refractivity contribution in [2.75, 3.05) is 4.90 Å². The molecule has 1 heteroatoms. The maximum atomic E-state index is 2.38. The van der Waals surface area contributed by atoms with Crippen LogP contribution in [0.2, 0.25) is 0 Å². The highest BCUT2D eigenvalue weighted by molar-refractivity contribution is 5.98. The van der Waals surface area contributed by atoms with E-state index in [1.807, 2.05) is 0 Å². The van der Waals surface area contributed by atoms with Gasteiger partial charge in [0.05, 0.1) is 5.69 Å². The van der Waals surface area contributed by atoms with Crippen LogP contribution < -0.4 is 4.90 Å². The molecule has 1 nitrogen and oxygen atoms in total. The van der Waals surface area contributed by atoms with Crippen molar-refractivity contribution in [3.05, 3.63) is 176 Å². The van der Waals surface area contributed by atoms with Gasteiger partial charge in [-0.05, 0) is 68.9 Å². The second-order valence-corrected chi connectivity index (χ2v) is 10.2. The van der Waals surface area contributed by atoms with Gasteiger partial charge in [0.25, 0.3) is 0 Å². The van der Waals surface area contributed by atoms with Gasteiger partial charge >= 0.3 is 0 Å². The molecule has 7 rings (SSSR count). The molecular weight excluding hydrogens is 494 g/mol. The molecular formula is C40H29N. The van der Waals surface area contributed by atoms with Gasteiger partial charge in [0.15, 0.2) is 0 Å². The molecule has 194 valence electrons. The van der Waals surface area contributed by atoms with Crippen LogP contribution in [0.4, 0.5) is 17.1 Å². The molecule has 0 aliphatic rings. The SMILES string of the molecule is c1ccc(-c2ccc(N(c3cccc(-c4cccc5ccccc45)c3)c3ccccc3-c3ccccc3)cc2)cc1. The lowest BCUT2D eigenvalue weighted by Gasteiger charge is -2.28. The van der Waals surface area contributed by atoms with Crippen molar-refractivity contribution in [2.45, 2.75) is 0 Å². The summed E-state index contributed by atoms with van der Waals surface area (Å²) >= 11 is 0. The smallest absolute Gasteiger partial charge is 0.0540 e. The van der Waals surface area contributed by atoms with Gasteiger partial charge in [-0.1, -0.05) is 146 Å². The Labute approximate surface area is 241 Å². The Hall–Kier alpha value is -5.40. The third-order valence-corrected chi connectivity index (χ3v) is 7.67. The molecule has 0 bridgehead atoms. The molecule has 0 heterocycles. The Balaban J connectivity index is 1.40. The quantitative estimate of drug-likeness (QED) is 0.209. The molecule has 0 saturated heterocycles. The van der Waals surface area contributed by atoms with Gasteiger partial charge < -0.3 is 4.90 Å². The zero-order chi connectivity index (χ0) is 27.4. The van der Waals surface area contributed by atoms with Crippen LogP contribution in [0.5, 0.6) is 0 Å². The van der Waals surface area contributed by atoms with Crippen LogP contribution >= 0.6 is 0 Å². The van der Waals surface area contributed by atoms with Crippen molar-refractivity contribution < 1.29 is 0 Å². The Morgan fingerprint density at radius 2 is 0.878 bits per heavy atom. The fourth-order valence-electron chi connectivity index (χ4n) is 5.68. The zero-order valence-corrected chi connectivity index (χ0v) is 22.7. The van der Waals surface area contributed by atoms with Crippen molar-refractivity contribution in [1.82, 2.24) is 0 Å². The van der Waals surface area contributed by atoms with Gasteiger partial charge in [0.1, 0.15) is 0 Å². The summed E-state index contributed by atoms with van der Waals surface area (Å²) in [5.41, 5.74) is 10.6. The molecule has 0 aliphatic carbocycles. The molecule has 7 aromatic rings. The highest BCUT2D eigenvalue weighted by Gasteiger charge is 2.18. The summed E-state index contributed by atoms with van der Waals surface area (Å²) in [7, 11) is 0. The van der Waals surface area contributed by atoms with E-state index in [1.165, 1.54) is 44.2 Å². The van der Waals surface area contributed by atoms with Crippen LogP contribution in [-0.2, 0) is 0 Å². The van der Waals surface area contributed by atoms with E-state index in [4.69, 9.17) is 0 Å². The minimum atomic E-state index is 1.11. The van der Waals surface area contributed by atoms with Crippen molar-refractivity contribution in [2.24, 2.45) is 0 Å². The second kappa shape index (κ2) is 11.0. The molecule has 0 unspecified atom stereocenters. The highest BCUT2D eigenvalue weighted by Crippen LogP contribution is 2.42. The molecule has 41 heavy (non-hydrogen) atoms. The largest absolute Gasteiger partial charge is 0.310 e. The number of para-hydroxylation sites is 1. The number of nitrogens with zero attached hydrogens (tertiary/aromatic N) is 1. The first-order valence-corrected chi connectivity index (χ1v) is 14.0. The fourth-order valence-corrected chi connectivity index (χ4v) is 5.68. The van der Waals surface area contributed by atoms with Crippen molar-refractivity contribution in [1.29, 1.82) is 0 Å². The van der Waals surface area contributed by atoms with E-state index in [1.54, 1.807) is 0 Å². The van der Waals surface area contributed by atoms with E-state index in [9.17, 15) is 0 Å². The summed E-state index contributed by atoms with van der Waals surface area (Å²) in [6.45, 7) is 0. The predicted octanol–water partition coefficient (Wildman–Crippen LogP) is 11.3. The maximum absolute atomic E-state index is 2.38. The molecule has 0 N–H and O–H groups in total. The Morgan fingerprint density at radius 1 is 0.317 bits per heavy atom. The third-order valence-electron chi connectivity index (χ3n) is 7.67. The van der Waals surface area contributed by atoms with Crippen LogP contribution in [0, 0.1) is 0 Å². The lowest BCUT2D eigenvalue weighted by atomic mass is 9.97. The summed E-state index contributed by atoms with van der Waals surface area (Å²) < 4.78 is 0. The lowest BCUT2D eigenvalue weighted by Crippen LogP contribution is -2.11. The van der Waals surface area contributed by atoms with Crippen LogP contribution in [-0.4, -0.2) is 0 Å². The van der Waals surface area contributed by atoms with Crippen molar-refractivity contribution in [3.63, 3.8) is 0 Å². The van der Waals surface area contributed by atoms with Crippen LogP contribution in [0.15, 0.2) is 176 Å². The summed E-state index contributed by atoms with van der Waals surface area (Å²) in [6.07, 6.45) is 0. The summed E-state index contributed by atoms with van der Waals surface area (Å²) in [5.74, 6) is 0. The lowest BCUT2D eigenvalue weighted by molar-refractivity contribution is 1.28. The zero-order valence-electron chi connectivity index (χ0n) is 22.7. The van der Waals surface area contributed by atoms with Gasteiger partial charge in [-0.3, -0.25) is 0 Å². The number of anilines is 3. The Bertz CT molecular complexity index is 1920. The molecule has 0 aliphatic heterocycles. The number of benzene rings is 7. The molecule has 0 fully saturated rings. The predicted molar refractivity (Wildman–Crippen MR) is 175 cm³/mol. The van der Waals surface area contributed by atoms with E-state index < -0.39 is 0 Å². The van der Waals surface area contributed by atoms with E-state index in [-0.39, 0.29) is 0 Å². The van der Waals surface area contributed by atoms with E-state index in [0.29, 0.717) is 0 Å². The number of rotatable bonds is 6. The number of fused-ring (bicyclic) bond motifs is 1. The van der Waals surface area contributed by atoms with Gasteiger partial charge in [-0.15, -0.1) is 0 Å². The summed E-state index contributed by atoms with van der Waals surface area (Å²) in [6, 6.07) is 62.8. The van der Waals surface area contributed by atoms with Crippen LogP contribution in [0.3, 0.4) is 0 Å². The van der Waals surface area contributed by atoms with E-state index in [2.05, 4.69) is 181 Å². The number of hydrogen-bond acceptors (Lipinski definition) is 1. The Kier molecular flexibility index (Phi) is 6.61. The fraction of sp³-hybridized carbons (Fsp3) is 0. The summed E-state index contributed by atoms with van der Waals surface area (Å²) in [5, 5.41) is 2.51. The first-order valence-electron chi connectivity index (χ1n) is 14.0. The monoisotopic (exact) mass is 523 g/mol. The van der Waals surface area contributed by atoms with Crippen molar-refractivity contribution in [3.8, 4) is 33.4 Å².